The van der Waals surface area contributed by atoms with E-state index >= 15 is 0 Å². The largest absolute Gasteiger partial charge is 0.293 e. The van der Waals surface area contributed by atoms with Gasteiger partial charge in [0.1, 0.15) is 0 Å². The van der Waals surface area contributed by atoms with Gasteiger partial charge in [0.25, 0.3) is 0 Å². The Morgan fingerprint density at radius 3 is 2.43 bits per heavy atom. The molecule has 0 spiro atoms. The first-order valence-corrected chi connectivity index (χ1v) is 7.36. The first kappa shape index (κ1) is 13.6. The molecule has 1 aliphatic rings. The molecule has 0 radical (unpaired) electrons. The molecule has 1 unspecified atom stereocenters. The van der Waals surface area contributed by atoms with E-state index in [-0.39, 0.29) is 18.1 Å². The summed E-state index contributed by atoms with van der Waals surface area (Å²) in [5.41, 5.74) is 2.88. The third-order valence-corrected chi connectivity index (χ3v) is 4.06. The number of hydrogen-bond donors (Lipinski definition) is 0. The molecule has 1 fully saturated rings. The topological polar surface area (TPSA) is 40.9 Å². The minimum atomic E-state index is -0.365. The molecule has 1 aliphatic carbocycles. The van der Waals surface area contributed by atoms with Gasteiger partial charge in [-0.15, -0.1) is 0 Å². The van der Waals surface area contributed by atoms with E-state index in [4.69, 9.17) is 5.26 Å². The fourth-order valence-electron chi connectivity index (χ4n) is 2.80. The third kappa shape index (κ3) is 2.87. The predicted octanol–water partition coefficient (Wildman–Crippen LogP) is 4.44. The molecule has 0 N–H and O–H groups in total. The molecule has 3 rings (SSSR count). The molecule has 0 bridgehead atoms. The van der Waals surface area contributed by atoms with Crippen molar-refractivity contribution in [3.63, 3.8) is 0 Å². The monoisotopic (exact) mass is 275 g/mol. The number of carbonyl (C=O) groups excluding carboxylic acids is 1. The van der Waals surface area contributed by atoms with Gasteiger partial charge in [0.2, 0.25) is 0 Å². The van der Waals surface area contributed by atoms with Gasteiger partial charge in [-0.25, -0.2) is 0 Å². The SMILES string of the molecule is N#CCC(C(=O)c1ccccc1C1CC1)c1ccccc1. The van der Waals surface area contributed by atoms with Gasteiger partial charge in [-0.1, -0.05) is 54.6 Å². The third-order valence-electron chi connectivity index (χ3n) is 4.06. The van der Waals surface area contributed by atoms with E-state index in [0.717, 1.165) is 16.7 Å². The van der Waals surface area contributed by atoms with Crippen LogP contribution in [-0.4, -0.2) is 5.78 Å². The lowest BCUT2D eigenvalue weighted by molar-refractivity contribution is 0.0959. The quantitative estimate of drug-likeness (QED) is 0.757. The standard InChI is InChI=1S/C19H17NO/c20-13-12-17(14-6-2-1-3-7-14)19(21)18-9-5-4-8-16(18)15-10-11-15/h1-9,15,17H,10-12H2. The van der Waals surface area contributed by atoms with Gasteiger partial charge in [-0.05, 0) is 29.9 Å². The summed E-state index contributed by atoms with van der Waals surface area (Å²) in [5, 5.41) is 9.08. The molecule has 0 saturated heterocycles. The van der Waals surface area contributed by atoms with Gasteiger partial charge >= 0.3 is 0 Å². The minimum absolute atomic E-state index is 0.0743. The maximum atomic E-state index is 12.9. The highest BCUT2D eigenvalue weighted by molar-refractivity contribution is 6.02. The normalized spacial score (nSPS) is 15.2. The summed E-state index contributed by atoms with van der Waals surface area (Å²) in [5.74, 6) is 0.241. The molecule has 2 heteroatoms. The molecule has 104 valence electrons. The second kappa shape index (κ2) is 5.93. The lowest BCUT2D eigenvalue weighted by atomic mass is 9.86. The van der Waals surface area contributed by atoms with Crippen LogP contribution in [0.25, 0.3) is 0 Å². The average molecular weight is 275 g/mol. The number of benzene rings is 2. The fraction of sp³-hybridized carbons (Fsp3) is 0.263. The van der Waals surface area contributed by atoms with E-state index in [9.17, 15) is 4.79 Å². The molecule has 0 aromatic heterocycles. The number of hydrogen-bond acceptors (Lipinski definition) is 2. The molecule has 0 amide bonds. The Bertz CT molecular complexity index is 680. The molecule has 2 aromatic carbocycles. The first-order chi connectivity index (χ1) is 10.3. The lowest BCUT2D eigenvalue weighted by Gasteiger charge is -2.15. The zero-order chi connectivity index (χ0) is 14.7. The van der Waals surface area contributed by atoms with Crippen LogP contribution < -0.4 is 0 Å². The van der Waals surface area contributed by atoms with Crippen molar-refractivity contribution in [3.8, 4) is 6.07 Å². The Kier molecular flexibility index (Phi) is 3.83. The van der Waals surface area contributed by atoms with Gasteiger partial charge in [-0.2, -0.15) is 5.26 Å². The van der Waals surface area contributed by atoms with Crippen molar-refractivity contribution >= 4 is 5.78 Å². The molecule has 2 nitrogen and oxygen atoms in total. The maximum Gasteiger partial charge on any atom is 0.171 e. The number of rotatable bonds is 5. The van der Waals surface area contributed by atoms with Gasteiger partial charge < -0.3 is 0 Å². The van der Waals surface area contributed by atoms with E-state index in [1.165, 1.54) is 12.8 Å². The molecule has 0 heterocycles. The lowest BCUT2D eigenvalue weighted by Crippen LogP contribution is -2.14. The van der Waals surface area contributed by atoms with Crippen LogP contribution in [-0.2, 0) is 0 Å². The molecule has 1 saturated carbocycles. The number of nitrogens with zero attached hydrogens (tertiary/aromatic N) is 1. The van der Waals surface area contributed by atoms with Crippen LogP contribution in [0.2, 0.25) is 0 Å². The van der Waals surface area contributed by atoms with E-state index in [1.54, 1.807) is 0 Å². The Balaban J connectivity index is 1.97. The Morgan fingerprint density at radius 2 is 1.76 bits per heavy atom. The molecule has 1 atom stereocenters. The summed E-state index contributed by atoms with van der Waals surface area (Å²) < 4.78 is 0. The Labute approximate surface area is 125 Å². The average Bonchev–Trinajstić information content (AvgIpc) is 3.38. The summed E-state index contributed by atoms with van der Waals surface area (Å²) in [6.45, 7) is 0. The van der Waals surface area contributed by atoms with Crippen molar-refractivity contribution in [3.05, 3.63) is 71.3 Å². The second-order valence-electron chi connectivity index (χ2n) is 5.55. The van der Waals surface area contributed by atoms with Crippen LogP contribution in [0.1, 0.15) is 52.6 Å². The minimum Gasteiger partial charge on any atom is -0.293 e. The summed E-state index contributed by atoms with van der Waals surface area (Å²) in [6, 6.07) is 19.6. The molecule has 21 heavy (non-hydrogen) atoms. The summed E-state index contributed by atoms with van der Waals surface area (Å²) >= 11 is 0. The summed E-state index contributed by atoms with van der Waals surface area (Å²) in [7, 11) is 0. The van der Waals surface area contributed by atoms with Crippen molar-refractivity contribution in [1.82, 2.24) is 0 Å². The van der Waals surface area contributed by atoms with E-state index in [2.05, 4.69) is 12.1 Å². The summed E-state index contributed by atoms with van der Waals surface area (Å²) in [6.07, 6.45) is 2.55. The van der Waals surface area contributed by atoms with E-state index < -0.39 is 0 Å². The van der Waals surface area contributed by atoms with Crippen LogP contribution in [0.3, 0.4) is 0 Å². The van der Waals surface area contributed by atoms with E-state index in [1.807, 2.05) is 48.5 Å². The second-order valence-corrected chi connectivity index (χ2v) is 5.55. The van der Waals surface area contributed by atoms with Gasteiger partial charge in [0.05, 0.1) is 12.0 Å². The Morgan fingerprint density at radius 1 is 1.10 bits per heavy atom. The van der Waals surface area contributed by atoms with Crippen LogP contribution in [0.4, 0.5) is 0 Å². The Hall–Kier alpha value is -2.40. The fourth-order valence-corrected chi connectivity index (χ4v) is 2.80. The van der Waals surface area contributed by atoms with Crippen LogP contribution in [0, 0.1) is 11.3 Å². The maximum absolute atomic E-state index is 12.9. The predicted molar refractivity (Wildman–Crippen MR) is 82.2 cm³/mol. The zero-order valence-electron chi connectivity index (χ0n) is 11.8. The highest BCUT2D eigenvalue weighted by atomic mass is 16.1. The highest BCUT2D eigenvalue weighted by Crippen LogP contribution is 2.42. The van der Waals surface area contributed by atoms with E-state index in [0.29, 0.717) is 5.92 Å². The van der Waals surface area contributed by atoms with Crippen LogP contribution in [0.5, 0.6) is 0 Å². The number of Topliss-reactive ketones (excluding diaryl/α,β-unsaturated/α-hetero) is 1. The van der Waals surface area contributed by atoms with Crippen molar-refractivity contribution in [1.29, 1.82) is 5.26 Å². The van der Waals surface area contributed by atoms with Crippen molar-refractivity contribution in [2.45, 2.75) is 31.1 Å². The van der Waals surface area contributed by atoms with Crippen molar-refractivity contribution in [2.24, 2.45) is 0 Å². The molecular weight excluding hydrogens is 258 g/mol. The van der Waals surface area contributed by atoms with Gasteiger partial charge in [-0.3, -0.25) is 4.79 Å². The van der Waals surface area contributed by atoms with Crippen molar-refractivity contribution < 1.29 is 4.79 Å². The summed E-state index contributed by atoms with van der Waals surface area (Å²) in [4.78, 5) is 12.9. The van der Waals surface area contributed by atoms with Crippen LogP contribution in [0.15, 0.2) is 54.6 Å². The van der Waals surface area contributed by atoms with Gasteiger partial charge in [0.15, 0.2) is 5.78 Å². The first-order valence-electron chi connectivity index (χ1n) is 7.36. The molecule has 2 aromatic rings. The smallest absolute Gasteiger partial charge is 0.171 e. The molecular formula is C19H17NO. The zero-order valence-corrected chi connectivity index (χ0v) is 11.8. The highest BCUT2D eigenvalue weighted by Gasteiger charge is 2.30. The molecule has 0 aliphatic heterocycles. The van der Waals surface area contributed by atoms with Crippen LogP contribution >= 0.6 is 0 Å². The number of nitriles is 1. The number of ketones is 1. The van der Waals surface area contributed by atoms with Crippen molar-refractivity contribution in [2.75, 3.05) is 0 Å². The van der Waals surface area contributed by atoms with Gasteiger partial charge in [0, 0.05) is 12.0 Å². The number of carbonyl (C=O) groups is 1.